The largest absolute Gasteiger partial charge is 0.493 e. The minimum atomic E-state index is -1.11. The van der Waals surface area contributed by atoms with E-state index in [0.717, 1.165) is 0 Å². The van der Waals surface area contributed by atoms with Crippen LogP contribution in [0.4, 0.5) is 0 Å². The molecule has 2 aromatic carbocycles. The zero-order chi connectivity index (χ0) is 23.8. The van der Waals surface area contributed by atoms with E-state index in [1.807, 2.05) is 27.7 Å². The zero-order valence-corrected chi connectivity index (χ0v) is 18.9. The molecular weight excluding hydrogens is 412 g/mol. The van der Waals surface area contributed by atoms with Crippen LogP contribution in [0.15, 0.2) is 36.4 Å². The number of ether oxygens (including phenoxy) is 2. The lowest BCUT2D eigenvalue weighted by Gasteiger charge is -2.16. The lowest BCUT2D eigenvalue weighted by molar-refractivity contribution is -0.136. The summed E-state index contributed by atoms with van der Waals surface area (Å²) in [6.07, 6.45) is 0.129. The molecule has 7 nitrogen and oxygen atoms in total. The predicted molar refractivity (Wildman–Crippen MR) is 120 cm³/mol. The lowest BCUT2D eigenvalue weighted by Crippen LogP contribution is -2.12. The van der Waals surface area contributed by atoms with E-state index < -0.39 is 11.9 Å². The average Bonchev–Trinajstić information content (AvgIpc) is 2.74. The Morgan fingerprint density at radius 1 is 0.812 bits per heavy atom. The highest BCUT2D eigenvalue weighted by Gasteiger charge is 2.19. The van der Waals surface area contributed by atoms with Gasteiger partial charge in [0.15, 0.2) is 5.78 Å². The molecule has 0 unspecified atom stereocenters. The minimum absolute atomic E-state index is 0.0277. The molecule has 0 aromatic heterocycles. The molecule has 32 heavy (non-hydrogen) atoms. The fraction of sp³-hybridized carbons (Fsp3) is 0.400. The fourth-order valence-corrected chi connectivity index (χ4v) is 2.93. The van der Waals surface area contributed by atoms with Crippen LogP contribution in [0.25, 0.3) is 0 Å². The Hall–Kier alpha value is -3.35. The van der Waals surface area contributed by atoms with E-state index in [1.54, 1.807) is 18.2 Å². The van der Waals surface area contributed by atoms with Crippen molar-refractivity contribution < 1.29 is 34.1 Å². The third-order valence-corrected chi connectivity index (χ3v) is 4.55. The average molecular weight is 443 g/mol. The number of hydrogen-bond donors (Lipinski definition) is 2. The number of carboxylic acids is 2. The summed E-state index contributed by atoms with van der Waals surface area (Å²) in [5, 5.41) is 18.4. The van der Waals surface area contributed by atoms with Gasteiger partial charge in [0.1, 0.15) is 11.5 Å². The van der Waals surface area contributed by atoms with Gasteiger partial charge in [0.05, 0.1) is 24.3 Å². The number of benzene rings is 2. The first kappa shape index (κ1) is 24.9. The van der Waals surface area contributed by atoms with Crippen molar-refractivity contribution in [3.63, 3.8) is 0 Å². The lowest BCUT2D eigenvalue weighted by atomic mass is 9.97. The SMILES string of the molecule is CC(C)COc1ccc(C(=O)c2ccc(C(=O)O)cc2OCC(C)C)cc1CCC(=O)O. The minimum Gasteiger partial charge on any atom is -0.493 e. The van der Waals surface area contributed by atoms with Gasteiger partial charge >= 0.3 is 11.9 Å². The molecule has 0 fully saturated rings. The van der Waals surface area contributed by atoms with Crippen molar-refractivity contribution in [2.75, 3.05) is 13.2 Å². The van der Waals surface area contributed by atoms with Crippen molar-refractivity contribution in [3.8, 4) is 11.5 Å². The normalized spacial score (nSPS) is 10.9. The molecule has 0 radical (unpaired) electrons. The van der Waals surface area contributed by atoms with E-state index in [9.17, 15) is 19.5 Å². The van der Waals surface area contributed by atoms with Crippen molar-refractivity contribution in [2.45, 2.75) is 40.5 Å². The number of carbonyl (C=O) groups excluding carboxylic acids is 1. The molecule has 0 saturated heterocycles. The van der Waals surface area contributed by atoms with Crippen molar-refractivity contribution in [2.24, 2.45) is 11.8 Å². The van der Waals surface area contributed by atoms with Crippen LogP contribution in [-0.2, 0) is 11.2 Å². The van der Waals surface area contributed by atoms with Crippen molar-refractivity contribution in [1.29, 1.82) is 0 Å². The molecule has 0 atom stereocenters. The smallest absolute Gasteiger partial charge is 0.335 e. The standard InChI is InChI=1S/C25H30O7/c1-15(2)13-31-21-9-6-18(11-17(21)7-10-23(26)27)24(28)20-8-5-19(25(29)30)12-22(20)32-14-16(3)4/h5-6,8-9,11-12,15-16H,7,10,13-14H2,1-4H3,(H,26,27)(H,29,30). The number of carbonyl (C=O) groups is 3. The van der Waals surface area contributed by atoms with Gasteiger partial charge in [-0.2, -0.15) is 0 Å². The third-order valence-electron chi connectivity index (χ3n) is 4.55. The van der Waals surface area contributed by atoms with Gasteiger partial charge < -0.3 is 19.7 Å². The van der Waals surface area contributed by atoms with Crippen LogP contribution in [-0.4, -0.2) is 41.1 Å². The highest BCUT2D eigenvalue weighted by atomic mass is 16.5. The van der Waals surface area contributed by atoms with Gasteiger partial charge in [0.2, 0.25) is 0 Å². The van der Waals surface area contributed by atoms with Crippen LogP contribution >= 0.6 is 0 Å². The Kier molecular flexibility index (Phi) is 8.81. The van der Waals surface area contributed by atoms with Gasteiger partial charge in [-0.05, 0) is 60.2 Å². The summed E-state index contributed by atoms with van der Waals surface area (Å²) in [6.45, 7) is 8.72. The van der Waals surface area contributed by atoms with Crippen molar-refractivity contribution in [3.05, 3.63) is 58.7 Å². The number of carboxylic acid groups (broad SMARTS) is 2. The van der Waals surface area contributed by atoms with Crippen LogP contribution in [0.5, 0.6) is 11.5 Å². The summed E-state index contributed by atoms with van der Waals surface area (Å²) in [5.41, 5.74) is 1.25. The van der Waals surface area contributed by atoms with Crippen molar-refractivity contribution in [1.82, 2.24) is 0 Å². The molecule has 7 heteroatoms. The summed E-state index contributed by atoms with van der Waals surface area (Å²) in [5.74, 6) is -1.16. The fourth-order valence-electron chi connectivity index (χ4n) is 2.93. The molecule has 172 valence electrons. The third kappa shape index (κ3) is 7.11. The predicted octanol–water partition coefficient (Wildman–Crippen LogP) is 4.70. The van der Waals surface area contributed by atoms with E-state index in [2.05, 4.69) is 0 Å². The van der Waals surface area contributed by atoms with E-state index in [-0.39, 0.29) is 47.3 Å². The summed E-state index contributed by atoms with van der Waals surface area (Å²) in [4.78, 5) is 35.7. The van der Waals surface area contributed by atoms with Crippen LogP contribution in [0.1, 0.15) is 66.0 Å². The molecule has 2 rings (SSSR count). The van der Waals surface area contributed by atoms with Gasteiger partial charge in [-0.1, -0.05) is 27.7 Å². The Balaban J connectivity index is 2.43. The molecule has 0 aliphatic carbocycles. The first-order valence-electron chi connectivity index (χ1n) is 10.6. The maximum atomic E-state index is 13.3. The van der Waals surface area contributed by atoms with Crippen LogP contribution in [0.2, 0.25) is 0 Å². The number of hydrogen-bond acceptors (Lipinski definition) is 5. The van der Waals surface area contributed by atoms with Crippen LogP contribution in [0, 0.1) is 11.8 Å². The second-order valence-corrected chi connectivity index (χ2v) is 8.47. The summed E-state index contributed by atoms with van der Waals surface area (Å²) in [6, 6.07) is 9.10. The molecule has 0 aliphatic heterocycles. The zero-order valence-electron chi connectivity index (χ0n) is 18.9. The van der Waals surface area contributed by atoms with Gasteiger partial charge in [0.25, 0.3) is 0 Å². The molecule has 0 spiro atoms. The first-order valence-corrected chi connectivity index (χ1v) is 10.6. The Morgan fingerprint density at radius 3 is 1.97 bits per heavy atom. The topological polar surface area (TPSA) is 110 Å². The van der Waals surface area contributed by atoms with Gasteiger partial charge in [-0.15, -0.1) is 0 Å². The molecule has 2 N–H and O–H groups in total. The maximum absolute atomic E-state index is 13.3. The molecule has 2 aromatic rings. The quantitative estimate of drug-likeness (QED) is 0.458. The molecule has 0 aliphatic rings. The van der Waals surface area contributed by atoms with E-state index in [0.29, 0.717) is 30.1 Å². The number of aliphatic carboxylic acids is 1. The Labute approximate surface area is 188 Å². The monoisotopic (exact) mass is 442 g/mol. The van der Waals surface area contributed by atoms with E-state index in [4.69, 9.17) is 14.6 Å². The highest BCUT2D eigenvalue weighted by molar-refractivity contribution is 6.11. The summed E-state index contributed by atoms with van der Waals surface area (Å²) >= 11 is 0. The molecule has 0 bridgehead atoms. The highest BCUT2D eigenvalue weighted by Crippen LogP contribution is 2.28. The number of aryl methyl sites for hydroxylation is 1. The van der Waals surface area contributed by atoms with Gasteiger partial charge in [0, 0.05) is 12.0 Å². The second kappa shape index (κ2) is 11.3. The Morgan fingerprint density at radius 2 is 1.41 bits per heavy atom. The van der Waals surface area contributed by atoms with Crippen LogP contribution < -0.4 is 9.47 Å². The first-order chi connectivity index (χ1) is 15.1. The van der Waals surface area contributed by atoms with E-state index in [1.165, 1.54) is 18.2 Å². The number of ketones is 1. The number of rotatable bonds is 12. The maximum Gasteiger partial charge on any atom is 0.335 e. The summed E-state index contributed by atoms with van der Waals surface area (Å²) < 4.78 is 11.6. The van der Waals surface area contributed by atoms with Crippen molar-refractivity contribution >= 4 is 17.7 Å². The van der Waals surface area contributed by atoms with Crippen LogP contribution in [0.3, 0.4) is 0 Å². The second-order valence-electron chi connectivity index (χ2n) is 8.47. The molecular formula is C25H30O7. The number of aromatic carboxylic acids is 1. The van der Waals surface area contributed by atoms with Gasteiger partial charge in [-0.3, -0.25) is 9.59 Å². The summed E-state index contributed by atoms with van der Waals surface area (Å²) in [7, 11) is 0. The van der Waals surface area contributed by atoms with Gasteiger partial charge in [-0.25, -0.2) is 4.79 Å². The molecule has 0 heterocycles. The molecule has 0 saturated carbocycles. The molecule has 0 amide bonds. The Bertz CT molecular complexity index is 976. The van der Waals surface area contributed by atoms with E-state index >= 15 is 0 Å².